The second-order valence-electron chi connectivity index (χ2n) is 20.6. The fourth-order valence-corrected chi connectivity index (χ4v) is 13.3. The van der Waals surface area contributed by atoms with Gasteiger partial charge in [-0.1, -0.05) is 152 Å². The van der Waals surface area contributed by atoms with E-state index in [0.717, 1.165) is 92.9 Å². The van der Waals surface area contributed by atoms with Crippen molar-refractivity contribution >= 4 is 109 Å². The zero-order chi connectivity index (χ0) is 53.1. The molecule has 0 saturated carbocycles. The fourth-order valence-electron chi connectivity index (χ4n) is 13.3. The Balaban J connectivity index is 0.952. The average Bonchev–Trinajstić information content (AvgIpc) is 4.42. The maximum Gasteiger partial charge on any atom is 0.266 e. The molecule has 10 heteroatoms. The third kappa shape index (κ3) is 5.80. The van der Waals surface area contributed by atoms with E-state index >= 15 is 19.2 Å². The molecule has 17 rings (SSSR count). The van der Waals surface area contributed by atoms with Crippen molar-refractivity contribution in [1.82, 2.24) is 27.4 Å². The summed E-state index contributed by atoms with van der Waals surface area (Å²) in [6, 6.07) is 79.8. The van der Waals surface area contributed by atoms with Crippen LogP contribution in [-0.2, 0) is 0 Å². The van der Waals surface area contributed by atoms with E-state index in [1.54, 1.807) is 0 Å². The highest BCUT2D eigenvalue weighted by Crippen LogP contribution is 2.41. The lowest BCUT2D eigenvalue weighted by Crippen LogP contribution is -2.26. The molecule has 17 aromatic rings. The molecule has 0 spiro atoms. The summed E-state index contributed by atoms with van der Waals surface area (Å²) in [5.74, 6) is 0. The van der Waals surface area contributed by atoms with Crippen molar-refractivity contribution in [2.75, 3.05) is 0 Å². The highest BCUT2D eigenvalue weighted by molar-refractivity contribution is 6.13. The Morgan fingerprint density at radius 3 is 0.787 bits per heavy atom. The van der Waals surface area contributed by atoms with Crippen LogP contribution in [0.4, 0.5) is 0 Å². The van der Waals surface area contributed by atoms with Gasteiger partial charge in [0.1, 0.15) is 5.69 Å². The Morgan fingerprint density at radius 1 is 0.188 bits per heavy atom. The van der Waals surface area contributed by atoms with E-state index in [-0.39, 0.29) is 21.5 Å². The standard InChI is InChI=1S/C70H40N6O4/c77-67-50-39-52-53(70(80)76(69(52)79)66-63(73-58-30-13-5-22-46(58)47-23-6-14-31-59(47)73)34-17-35-64(66)74-60-32-15-7-24-48(60)49-25-8-16-33-61(49)74)40-51(50)68(78)75(67)65-38-41(71-54-26-9-1-18-42(54)43-19-2-10-27-55(43)71)36-37-62(65)72-56-28-11-3-20-44(56)45-21-4-12-29-57(45)72/h1-40H. The first-order chi connectivity index (χ1) is 39.4. The van der Waals surface area contributed by atoms with E-state index < -0.39 is 22.2 Å². The first kappa shape index (κ1) is 44.1. The molecular weight excluding hydrogens is 989 g/mol. The van der Waals surface area contributed by atoms with Gasteiger partial charge >= 0.3 is 0 Å². The van der Waals surface area contributed by atoms with Gasteiger partial charge in [-0.05, 0) is 91.0 Å². The van der Waals surface area contributed by atoms with Gasteiger partial charge in [0.2, 0.25) is 0 Å². The van der Waals surface area contributed by atoms with E-state index in [2.05, 4.69) is 78.9 Å². The predicted octanol–water partition coefficient (Wildman–Crippen LogP) is 14.3. The smallest absolute Gasteiger partial charge is 0.266 e. The molecule has 0 aliphatic rings. The maximum atomic E-state index is 15.8. The number of para-hydroxylation sites is 9. The number of hydrogen-bond acceptors (Lipinski definition) is 4. The summed E-state index contributed by atoms with van der Waals surface area (Å²) in [6.45, 7) is 0. The van der Waals surface area contributed by atoms with Crippen LogP contribution in [0.15, 0.2) is 262 Å². The third-order valence-corrected chi connectivity index (χ3v) is 16.6. The molecule has 6 heterocycles. The van der Waals surface area contributed by atoms with Crippen LogP contribution in [0.5, 0.6) is 0 Å². The fraction of sp³-hybridized carbons (Fsp3) is 0. The molecule has 0 atom stereocenters. The molecule has 0 saturated heterocycles. The van der Waals surface area contributed by atoms with Crippen molar-refractivity contribution < 1.29 is 0 Å². The normalized spacial score (nSPS) is 12.2. The quantitative estimate of drug-likeness (QED) is 0.166. The minimum Gasteiger partial charge on any atom is -0.309 e. The molecule has 0 N–H and O–H groups in total. The highest BCUT2D eigenvalue weighted by atomic mass is 16.2. The van der Waals surface area contributed by atoms with Crippen molar-refractivity contribution in [2.24, 2.45) is 0 Å². The first-order valence-electron chi connectivity index (χ1n) is 26.6. The summed E-state index contributed by atoms with van der Waals surface area (Å²) >= 11 is 0. The maximum absolute atomic E-state index is 15.8. The Morgan fingerprint density at radius 2 is 0.463 bits per heavy atom. The molecule has 80 heavy (non-hydrogen) atoms. The predicted molar refractivity (Wildman–Crippen MR) is 325 cm³/mol. The molecule has 374 valence electrons. The van der Waals surface area contributed by atoms with Gasteiger partial charge in [-0.25, -0.2) is 9.13 Å². The molecule has 10 nitrogen and oxygen atoms in total. The van der Waals surface area contributed by atoms with Gasteiger partial charge in [0, 0.05) is 48.8 Å². The second-order valence-corrected chi connectivity index (χ2v) is 20.6. The third-order valence-electron chi connectivity index (χ3n) is 16.6. The van der Waals surface area contributed by atoms with E-state index in [9.17, 15) is 0 Å². The summed E-state index contributed by atoms with van der Waals surface area (Å²) in [5.41, 5.74) is 8.10. The lowest BCUT2D eigenvalue weighted by Gasteiger charge is -2.19. The van der Waals surface area contributed by atoms with Gasteiger partial charge in [0.25, 0.3) is 22.2 Å². The number of benzene rings is 11. The van der Waals surface area contributed by atoms with Crippen molar-refractivity contribution in [2.45, 2.75) is 0 Å². The van der Waals surface area contributed by atoms with Crippen LogP contribution in [0.1, 0.15) is 0 Å². The molecule has 0 bridgehead atoms. The van der Waals surface area contributed by atoms with Crippen LogP contribution in [0.25, 0.3) is 143 Å². The lowest BCUT2D eigenvalue weighted by atomic mass is 10.1. The van der Waals surface area contributed by atoms with Gasteiger partial charge in [-0.15, -0.1) is 0 Å². The molecule has 0 amide bonds. The summed E-state index contributed by atoms with van der Waals surface area (Å²) in [7, 11) is 0. The number of nitrogens with zero attached hydrogens (tertiary/aromatic N) is 6. The van der Waals surface area contributed by atoms with Crippen LogP contribution < -0.4 is 22.2 Å². The number of aromatic nitrogens is 6. The van der Waals surface area contributed by atoms with Crippen LogP contribution in [0.3, 0.4) is 0 Å². The molecule has 0 fully saturated rings. The van der Waals surface area contributed by atoms with Crippen LogP contribution in [0.2, 0.25) is 0 Å². The van der Waals surface area contributed by atoms with Crippen LogP contribution in [0, 0.1) is 0 Å². The van der Waals surface area contributed by atoms with Gasteiger partial charge in [-0.2, -0.15) is 0 Å². The Labute approximate surface area is 452 Å². The summed E-state index contributed by atoms with van der Waals surface area (Å²) in [4.78, 5) is 62.7. The van der Waals surface area contributed by atoms with E-state index in [1.165, 1.54) is 21.3 Å². The van der Waals surface area contributed by atoms with Crippen LogP contribution >= 0.6 is 0 Å². The van der Waals surface area contributed by atoms with Gasteiger partial charge in [-0.3, -0.25) is 19.2 Å². The average molecular weight is 1030 g/mol. The summed E-state index contributed by atoms with van der Waals surface area (Å²) < 4.78 is 11.0. The molecule has 0 radical (unpaired) electrons. The SMILES string of the molecule is O=c1c2cc3c(=O)n(-c4c(-n5c6ccccc6c6ccccc65)cccc4-n4c5ccccc5c5ccccc54)c(=O)c3cc2c(=O)n1-c1cc(-n2c3ccccc3c3ccccc32)ccc1-n1c2ccccc2c2ccccc21. The van der Waals surface area contributed by atoms with Gasteiger partial charge in [0.05, 0.1) is 88.4 Å². The first-order valence-corrected chi connectivity index (χ1v) is 26.6. The number of hydrogen-bond donors (Lipinski definition) is 0. The molecular formula is C70H40N6O4. The highest BCUT2D eigenvalue weighted by Gasteiger charge is 2.29. The van der Waals surface area contributed by atoms with Crippen molar-refractivity contribution in [3.63, 3.8) is 0 Å². The van der Waals surface area contributed by atoms with E-state index in [4.69, 9.17) is 0 Å². The largest absolute Gasteiger partial charge is 0.309 e. The van der Waals surface area contributed by atoms with Gasteiger partial charge < -0.3 is 18.3 Å². The van der Waals surface area contributed by atoms with Crippen molar-refractivity contribution in [1.29, 1.82) is 0 Å². The molecule has 0 aliphatic heterocycles. The Kier molecular flexibility index (Phi) is 8.93. The van der Waals surface area contributed by atoms with Gasteiger partial charge in [0.15, 0.2) is 0 Å². The second kappa shape index (κ2) is 16.2. The molecule has 6 aromatic heterocycles. The number of fused-ring (bicyclic) bond motifs is 14. The lowest BCUT2D eigenvalue weighted by molar-refractivity contribution is 0.948. The van der Waals surface area contributed by atoms with E-state index in [1.807, 2.05) is 170 Å². The minimum atomic E-state index is -0.610. The number of rotatable bonds is 6. The van der Waals surface area contributed by atoms with Crippen molar-refractivity contribution in [3.05, 3.63) is 284 Å². The zero-order valence-electron chi connectivity index (χ0n) is 42.4. The monoisotopic (exact) mass is 1030 g/mol. The summed E-state index contributed by atoms with van der Waals surface area (Å²) in [6.07, 6.45) is 0. The Hall–Kier alpha value is -11.1. The zero-order valence-corrected chi connectivity index (χ0v) is 42.4. The minimum absolute atomic E-state index is 0.0311. The molecule has 0 aliphatic carbocycles. The van der Waals surface area contributed by atoms with Crippen LogP contribution in [-0.4, -0.2) is 27.4 Å². The van der Waals surface area contributed by atoms with Crippen molar-refractivity contribution in [3.8, 4) is 34.1 Å². The Bertz CT molecular complexity index is 5370. The molecule has 0 unspecified atom stereocenters. The van der Waals surface area contributed by atoms with E-state index in [0.29, 0.717) is 28.4 Å². The molecule has 11 aromatic carbocycles. The topological polar surface area (TPSA) is 97.9 Å². The summed E-state index contributed by atoms with van der Waals surface area (Å²) in [5, 5.41) is 8.34.